The Hall–Kier alpha value is -2.25. The number of hydrogen-bond donors (Lipinski definition) is 1. The zero-order chi connectivity index (χ0) is 15.5. The molecule has 0 aromatic heterocycles. The zero-order valence-electron chi connectivity index (χ0n) is 11.6. The van der Waals surface area contributed by atoms with Crippen LogP contribution in [0.5, 0.6) is 23.0 Å². The van der Waals surface area contributed by atoms with Gasteiger partial charge in [0.2, 0.25) is 10.0 Å². The van der Waals surface area contributed by atoms with Gasteiger partial charge in [0.1, 0.15) is 23.0 Å². The average Bonchev–Trinajstić information content (AvgIpc) is 2.46. The third-order valence-corrected chi connectivity index (χ3v) is 3.64. The van der Waals surface area contributed by atoms with Gasteiger partial charge in [-0.15, -0.1) is 0 Å². The van der Waals surface area contributed by atoms with E-state index in [2.05, 4.69) is 0 Å². The first-order valence-electron chi connectivity index (χ1n) is 5.96. The molecule has 0 aliphatic carbocycles. The summed E-state index contributed by atoms with van der Waals surface area (Å²) < 4.78 is 38.3. The Bertz CT molecular complexity index is 703. The van der Waals surface area contributed by atoms with Gasteiger partial charge < -0.3 is 14.2 Å². The molecule has 0 saturated heterocycles. The Labute approximate surface area is 123 Å². The zero-order valence-corrected chi connectivity index (χ0v) is 12.4. The summed E-state index contributed by atoms with van der Waals surface area (Å²) >= 11 is 0. The van der Waals surface area contributed by atoms with Crippen molar-refractivity contribution >= 4 is 10.0 Å². The Morgan fingerprint density at radius 1 is 0.810 bits per heavy atom. The lowest BCUT2D eigenvalue weighted by molar-refractivity contribution is 0.386. The summed E-state index contributed by atoms with van der Waals surface area (Å²) in [6, 6.07) is 10.9. The number of nitrogens with two attached hydrogens (primary N) is 1. The molecule has 2 rings (SSSR count). The molecule has 2 aromatic carbocycles. The summed E-state index contributed by atoms with van der Waals surface area (Å²) in [6.07, 6.45) is 0. The standard InChI is InChI=1S/C14H15NO5S/c1-18-11-7-12(19-2)9-13(8-11)20-10-3-5-14(6-4-10)21(15,16)17/h3-9H,1-2H3,(H2,15,16,17). The number of hydrogen-bond acceptors (Lipinski definition) is 5. The molecule has 0 aliphatic rings. The minimum absolute atomic E-state index is 0.0260. The van der Waals surface area contributed by atoms with E-state index in [4.69, 9.17) is 19.3 Å². The van der Waals surface area contributed by atoms with Crippen LogP contribution in [0.4, 0.5) is 0 Å². The summed E-state index contributed by atoms with van der Waals surface area (Å²) in [4.78, 5) is 0.0260. The second kappa shape index (κ2) is 6.02. The average molecular weight is 309 g/mol. The first-order chi connectivity index (χ1) is 9.92. The molecule has 21 heavy (non-hydrogen) atoms. The molecule has 0 bridgehead atoms. The van der Waals surface area contributed by atoms with Crippen molar-refractivity contribution in [2.75, 3.05) is 14.2 Å². The Morgan fingerprint density at radius 3 is 1.71 bits per heavy atom. The number of sulfonamides is 1. The Morgan fingerprint density at radius 2 is 1.29 bits per heavy atom. The minimum atomic E-state index is -3.71. The molecule has 0 amide bonds. The molecule has 7 heteroatoms. The van der Waals surface area contributed by atoms with E-state index >= 15 is 0 Å². The fourth-order valence-electron chi connectivity index (χ4n) is 1.67. The molecular weight excluding hydrogens is 294 g/mol. The lowest BCUT2D eigenvalue weighted by atomic mass is 10.3. The number of rotatable bonds is 5. The quantitative estimate of drug-likeness (QED) is 0.914. The van der Waals surface area contributed by atoms with Crippen molar-refractivity contribution in [3.8, 4) is 23.0 Å². The van der Waals surface area contributed by atoms with Crippen LogP contribution in [-0.4, -0.2) is 22.6 Å². The van der Waals surface area contributed by atoms with E-state index in [1.165, 1.54) is 24.3 Å². The van der Waals surface area contributed by atoms with Crippen LogP contribution in [0.1, 0.15) is 0 Å². The number of benzene rings is 2. The van der Waals surface area contributed by atoms with Crippen LogP contribution >= 0.6 is 0 Å². The van der Waals surface area contributed by atoms with E-state index in [0.29, 0.717) is 23.0 Å². The summed E-state index contributed by atoms with van der Waals surface area (Å²) in [7, 11) is -0.627. The third-order valence-electron chi connectivity index (χ3n) is 2.71. The summed E-state index contributed by atoms with van der Waals surface area (Å²) in [5, 5.41) is 5.03. The van der Waals surface area contributed by atoms with Crippen LogP contribution in [-0.2, 0) is 10.0 Å². The topological polar surface area (TPSA) is 87.8 Å². The second-order valence-corrected chi connectivity index (χ2v) is 5.73. The van der Waals surface area contributed by atoms with E-state index in [9.17, 15) is 8.42 Å². The molecule has 0 saturated carbocycles. The van der Waals surface area contributed by atoms with Gasteiger partial charge in [0.25, 0.3) is 0 Å². The maximum Gasteiger partial charge on any atom is 0.238 e. The van der Waals surface area contributed by atoms with Crippen LogP contribution in [0.25, 0.3) is 0 Å². The van der Waals surface area contributed by atoms with Crippen molar-refractivity contribution in [2.45, 2.75) is 4.90 Å². The van der Waals surface area contributed by atoms with Gasteiger partial charge >= 0.3 is 0 Å². The lowest BCUT2D eigenvalue weighted by Gasteiger charge is -2.10. The smallest absolute Gasteiger partial charge is 0.238 e. The van der Waals surface area contributed by atoms with Gasteiger partial charge in [-0.25, -0.2) is 13.6 Å². The predicted molar refractivity (Wildman–Crippen MR) is 77.4 cm³/mol. The number of ether oxygens (including phenoxy) is 3. The summed E-state index contributed by atoms with van der Waals surface area (Å²) in [5.74, 6) is 2.16. The maximum atomic E-state index is 11.2. The Balaban J connectivity index is 2.25. The third kappa shape index (κ3) is 3.87. The number of methoxy groups -OCH3 is 2. The summed E-state index contributed by atoms with van der Waals surface area (Å²) in [5.41, 5.74) is 0. The van der Waals surface area contributed by atoms with Crippen LogP contribution in [0.15, 0.2) is 47.4 Å². The first-order valence-corrected chi connectivity index (χ1v) is 7.51. The molecule has 0 unspecified atom stereocenters. The Kier molecular flexibility index (Phi) is 4.35. The fourth-order valence-corrected chi connectivity index (χ4v) is 2.19. The lowest BCUT2D eigenvalue weighted by Crippen LogP contribution is -2.11. The van der Waals surface area contributed by atoms with Crippen LogP contribution in [0, 0.1) is 0 Å². The molecule has 0 atom stereocenters. The van der Waals surface area contributed by atoms with Crippen LogP contribution in [0.2, 0.25) is 0 Å². The molecule has 0 radical (unpaired) electrons. The molecule has 2 aromatic rings. The highest BCUT2D eigenvalue weighted by Crippen LogP contribution is 2.31. The molecular formula is C14H15NO5S. The number of primary sulfonamides is 1. The molecule has 0 fully saturated rings. The largest absolute Gasteiger partial charge is 0.496 e. The van der Waals surface area contributed by atoms with Gasteiger partial charge in [-0.1, -0.05) is 0 Å². The normalized spacial score (nSPS) is 11.0. The molecule has 112 valence electrons. The molecule has 2 N–H and O–H groups in total. The van der Waals surface area contributed by atoms with Crippen molar-refractivity contribution in [3.63, 3.8) is 0 Å². The predicted octanol–water partition coefficient (Wildman–Crippen LogP) is 2.14. The van der Waals surface area contributed by atoms with Gasteiger partial charge in [-0.05, 0) is 24.3 Å². The van der Waals surface area contributed by atoms with Gasteiger partial charge in [0, 0.05) is 18.2 Å². The van der Waals surface area contributed by atoms with Crippen molar-refractivity contribution in [1.82, 2.24) is 0 Å². The van der Waals surface area contributed by atoms with Gasteiger partial charge in [-0.2, -0.15) is 0 Å². The highest BCUT2D eigenvalue weighted by Gasteiger charge is 2.08. The monoisotopic (exact) mass is 309 g/mol. The van der Waals surface area contributed by atoms with Crippen LogP contribution in [0.3, 0.4) is 0 Å². The van der Waals surface area contributed by atoms with Crippen LogP contribution < -0.4 is 19.3 Å². The minimum Gasteiger partial charge on any atom is -0.496 e. The highest BCUT2D eigenvalue weighted by atomic mass is 32.2. The van der Waals surface area contributed by atoms with Gasteiger partial charge in [0.05, 0.1) is 19.1 Å². The highest BCUT2D eigenvalue weighted by molar-refractivity contribution is 7.89. The second-order valence-electron chi connectivity index (χ2n) is 4.17. The van der Waals surface area contributed by atoms with E-state index in [1.54, 1.807) is 32.4 Å². The molecule has 6 nitrogen and oxygen atoms in total. The summed E-state index contributed by atoms with van der Waals surface area (Å²) in [6.45, 7) is 0. The molecule has 0 aliphatic heterocycles. The molecule has 0 heterocycles. The van der Waals surface area contributed by atoms with Crippen molar-refractivity contribution in [1.29, 1.82) is 0 Å². The van der Waals surface area contributed by atoms with Crippen molar-refractivity contribution < 1.29 is 22.6 Å². The van der Waals surface area contributed by atoms with E-state index in [0.717, 1.165) is 0 Å². The fraction of sp³-hybridized carbons (Fsp3) is 0.143. The van der Waals surface area contributed by atoms with Crippen molar-refractivity contribution in [2.24, 2.45) is 5.14 Å². The first kappa shape index (κ1) is 15.1. The van der Waals surface area contributed by atoms with Gasteiger partial charge in [0.15, 0.2) is 0 Å². The van der Waals surface area contributed by atoms with Crippen molar-refractivity contribution in [3.05, 3.63) is 42.5 Å². The van der Waals surface area contributed by atoms with E-state index in [-0.39, 0.29) is 4.90 Å². The van der Waals surface area contributed by atoms with E-state index in [1.807, 2.05) is 0 Å². The van der Waals surface area contributed by atoms with E-state index < -0.39 is 10.0 Å². The molecule has 0 spiro atoms. The SMILES string of the molecule is COc1cc(OC)cc(Oc2ccc(S(N)(=O)=O)cc2)c1. The van der Waals surface area contributed by atoms with Gasteiger partial charge in [-0.3, -0.25) is 0 Å². The maximum absolute atomic E-state index is 11.2.